The van der Waals surface area contributed by atoms with Crippen molar-refractivity contribution in [2.75, 3.05) is 19.6 Å². The second kappa shape index (κ2) is 9.06. The van der Waals surface area contributed by atoms with Crippen molar-refractivity contribution >= 4 is 18.3 Å². The molecule has 0 radical (unpaired) electrons. The number of amides is 1. The van der Waals surface area contributed by atoms with Crippen LogP contribution < -0.4 is 5.73 Å². The van der Waals surface area contributed by atoms with E-state index in [1.807, 2.05) is 4.90 Å². The van der Waals surface area contributed by atoms with Crippen molar-refractivity contribution in [2.45, 2.75) is 39.0 Å². The molecule has 0 saturated carbocycles. The normalized spacial score (nSPS) is 17.6. The Bertz CT molecular complexity index is 433. The highest BCUT2D eigenvalue weighted by molar-refractivity contribution is 5.85. The summed E-state index contributed by atoms with van der Waals surface area (Å²) in [5, 5.41) is 0. The molecule has 0 bridgehead atoms. The van der Waals surface area contributed by atoms with Gasteiger partial charge in [0.25, 0.3) is 0 Å². The lowest BCUT2D eigenvalue weighted by molar-refractivity contribution is -0.129. The summed E-state index contributed by atoms with van der Waals surface area (Å²) in [5.41, 5.74) is 8.15. The van der Waals surface area contributed by atoms with Gasteiger partial charge in [-0.05, 0) is 42.9 Å². The molecule has 1 saturated heterocycles. The monoisotopic (exact) mass is 310 g/mol. The number of hydrogen-bond donors (Lipinski definition) is 1. The zero-order valence-electron chi connectivity index (χ0n) is 12.9. The van der Waals surface area contributed by atoms with Gasteiger partial charge in [0.05, 0.1) is 6.42 Å². The molecular formula is C17H27ClN2O. The Morgan fingerprint density at radius 1 is 1.29 bits per heavy atom. The summed E-state index contributed by atoms with van der Waals surface area (Å²) in [6, 6.07) is 8.51. The minimum absolute atomic E-state index is 0. The fourth-order valence-electron chi connectivity index (χ4n) is 2.74. The van der Waals surface area contributed by atoms with Crippen LogP contribution in [0.5, 0.6) is 0 Å². The molecule has 1 heterocycles. The predicted molar refractivity (Wildman–Crippen MR) is 89.7 cm³/mol. The van der Waals surface area contributed by atoms with Gasteiger partial charge in [-0.25, -0.2) is 0 Å². The summed E-state index contributed by atoms with van der Waals surface area (Å²) in [4.78, 5) is 14.2. The lowest BCUT2D eigenvalue weighted by Crippen LogP contribution is -2.31. The van der Waals surface area contributed by atoms with E-state index in [1.54, 1.807) is 0 Å². The van der Waals surface area contributed by atoms with Crippen LogP contribution in [0.3, 0.4) is 0 Å². The van der Waals surface area contributed by atoms with Gasteiger partial charge in [-0.15, -0.1) is 12.4 Å². The lowest BCUT2D eigenvalue weighted by atomic mass is 10.0. The van der Waals surface area contributed by atoms with E-state index in [4.69, 9.17) is 5.73 Å². The SMILES string of the molecule is CCCCc1ccc(CC(=O)N2CCC(CN)C2)cc1.Cl. The smallest absolute Gasteiger partial charge is 0.226 e. The van der Waals surface area contributed by atoms with Gasteiger partial charge in [-0.3, -0.25) is 4.79 Å². The second-order valence-corrected chi connectivity index (χ2v) is 5.83. The van der Waals surface area contributed by atoms with Crippen LogP contribution in [0.25, 0.3) is 0 Å². The van der Waals surface area contributed by atoms with Crippen LogP contribution in [-0.2, 0) is 17.6 Å². The quantitative estimate of drug-likeness (QED) is 0.878. The maximum absolute atomic E-state index is 12.2. The van der Waals surface area contributed by atoms with Gasteiger partial charge < -0.3 is 10.6 Å². The Hall–Kier alpha value is -1.06. The van der Waals surface area contributed by atoms with E-state index >= 15 is 0 Å². The van der Waals surface area contributed by atoms with Gasteiger partial charge in [0, 0.05) is 13.1 Å². The van der Waals surface area contributed by atoms with Crippen LogP contribution in [0.2, 0.25) is 0 Å². The molecule has 0 aliphatic carbocycles. The lowest BCUT2D eigenvalue weighted by Gasteiger charge is -2.16. The van der Waals surface area contributed by atoms with Crippen LogP contribution in [0, 0.1) is 5.92 Å². The molecule has 2 rings (SSSR count). The van der Waals surface area contributed by atoms with E-state index in [9.17, 15) is 4.79 Å². The number of carbonyl (C=O) groups is 1. The van der Waals surface area contributed by atoms with E-state index in [2.05, 4.69) is 31.2 Å². The van der Waals surface area contributed by atoms with Gasteiger partial charge in [-0.1, -0.05) is 37.6 Å². The van der Waals surface area contributed by atoms with Crippen molar-refractivity contribution in [3.05, 3.63) is 35.4 Å². The minimum atomic E-state index is 0. The number of benzene rings is 1. The Balaban J connectivity index is 0.00000220. The fourth-order valence-corrected chi connectivity index (χ4v) is 2.74. The third kappa shape index (κ3) is 5.33. The number of likely N-dealkylation sites (tertiary alicyclic amines) is 1. The van der Waals surface area contributed by atoms with Crippen molar-refractivity contribution < 1.29 is 4.79 Å². The molecule has 1 unspecified atom stereocenters. The van der Waals surface area contributed by atoms with Gasteiger partial charge in [0.1, 0.15) is 0 Å². The first-order chi connectivity index (χ1) is 9.72. The first kappa shape index (κ1) is 18.0. The van der Waals surface area contributed by atoms with Gasteiger partial charge in [0.15, 0.2) is 0 Å². The van der Waals surface area contributed by atoms with E-state index in [1.165, 1.54) is 18.4 Å². The minimum Gasteiger partial charge on any atom is -0.342 e. The summed E-state index contributed by atoms with van der Waals surface area (Å²) >= 11 is 0. The third-order valence-electron chi connectivity index (χ3n) is 4.17. The molecule has 1 aromatic rings. The molecule has 1 aliphatic rings. The highest BCUT2D eigenvalue weighted by atomic mass is 35.5. The Morgan fingerprint density at radius 3 is 2.52 bits per heavy atom. The third-order valence-corrected chi connectivity index (χ3v) is 4.17. The highest BCUT2D eigenvalue weighted by Crippen LogP contribution is 2.16. The van der Waals surface area contributed by atoms with E-state index in [-0.39, 0.29) is 18.3 Å². The zero-order chi connectivity index (χ0) is 14.4. The second-order valence-electron chi connectivity index (χ2n) is 5.83. The Labute approximate surface area is 134 Å². The molecule has 0 spiro atoms. The number of nitrogens with zero attached hydrogens (tertiary/aromatic N) is 1. The predicted octanol–water partition coefficient (Wildman–Crippen LogP) is 2.80. The Kier molecular flexibility index (Phi) is 7.76. The number of carbonyl (C=O) groups excluding carboxylic acids is 1. The number of nitrogens with two attached hydrogens (primary N) is 1. The summed E-state index contributed by atoms with van der Waals surface area (Å²) in [6.45, 7) is 4.60. The number of halogens is 1. The van der Waals surface area contributed by atoms with Crippen LogP contribution in [0.1, 0.15) is 37.3 Å². The first-order valence-corrected chi connectivity index (χ1v) is 7.78. The van der Waals surface area contributed by atoms with Crippen LogP contribution in [0.15, 0.2) is 24.3 Å². The van der Waals surface area contributed by atoms with E-state index in [0.29, 0.717) is 18.9 Å². The maximum atomic E-state index is 12.2. The molecule has 4 heteroatoms. The van der Waals surface area contributed by atoms with Crippen LogP contribution >= 0.6 is 12.4 Å². The topological polar surface area (TPSA) is 46.3 Å². The zero-order valence-corrected chi connectivity index (χ0v) is 13.7. The maximum Gasteiger partial charge on any atom is 0.226 e. The highest BCUT2D eigenvalue weighted by Gasteiger charge is 2.24. The molecule has 1 amide bonds. The largest absolute Gasteiger partial charge is 0.342 e. The van der Waals surface area contributed by atoms with Crippen LogP contribution in [-0.4, -0.2) is 30.4 Å². The molecule has 1 aliphatic heterocycles. The molecule has 1 aromatic carbocycles. The molecule has 0 aromatic heterocycles. The van der Waals surface area contributed by atoms with E-state index < -0.39 is 0 Å². The number of unbranched alkanes of at least 4 members (excludes halogenated alkanes) is 1. The van der Waals surface area contributed by atoms with Crippen molar-refractivity contribution in [3.8, 4) is 0 Å². The molecule has 118 valence electrons. The molecule has 3 nitrogen and oxygen atoms in total. The standard InChI is InChI=1S/C17H26N2O.ClH/c1-2-3-4-14-5-7-15(8-6-14)11-17(20)19-10-9-16(12-18)13-19;/h5-8,16H,2-4,9-13,18H2,1H3;1H. The Morgan fingerprint density at radius 2 is 1.95 bits per heavy atom. The van der Waals surface area contributed by atoms with Crippen molar-refractivity contribution in [1.82, 2.24) is 4.90 Å². The summed E-state index contributed by atoms with van der Waals surface area (Å²) in [6.07, 6.45) is 5.16. The van der Waals surface area contributed by atoms with Crippen molar-refractivity contribution in [3.63, 3.8) is 0 Å². The summed E-state index contributed by atoms with van der Waals surface area (Å²) < 4.78 is 0. The summed E-state index contributed by atoms with van der Waals surface area (Å²) in [7, 11) is 0. The molecule has 21 heavy (non-hydrogen) atoms. The fraction of sp³-hybridized carbons (Fsp3) is 0.588. The number of hydrogen-bond acceptors (Lipinski definition) is 2. The average molecular weight is 311 g/mol. The number of rotatable bonds is 6. The molecular weight excluding hydrogens is 284 g/mol. The first-order valence-electron chi connectivity index (χ1n) is 7.78. The molecule has 1 atom stereocenters. The van der Waals surface area contributed by atoms with E-state index in [0.717, 1.165) is 31.5 Å². The van der Waals surface area contributed by atoms with Gasteiger partial charge in [0.2, 0.25) is 5.91 Å². The number of aryl methyl sites for hydroxylation is 1. The van der Waals surface area contributed by atoms with Gasteiger partial charge >= 0.3 is 0 Å². The van der Waals surface area contributed by atoms with Crippen molar-refractivity contribution in [1.29, 1.82) is 0 Å². The van der Waals surface area contributed by atoms with Gasteiger partial charge in [-0.2, -0.15) is 0 Å². The average Bonchev–Trinajstić information content (AvgIpc) is 2.95. The summed E-state index contributed by atoms with van der Waals surface area (Å²) in [5.74, 6) is 0.734. The van der Waals surface area contributed by atoms with Crippen molar-refractivity contribution in [2.24, 2.45) is 11.7 Å². The molecule has 1 fully saturated rings. The van der Waals surface area contributed by atoms with Crippen LogP contribution in [0.4, 0.5) is 0 Å². The molecule has 2 N–H and O–H groups in total.